The van der Waals surface area contributed by atoms with Gasteiger partial charge in [-0.05, 0) is 56.4 Å². The summed E-state index contributed by atoms with van der Waals surface area (Å²) in [7, 11) is -3.92. The number of rotatable bonds is 5. The van der Waals surface area contributed by atoms with Crippen LogP contribution in [0.25, 0.3) is 0 Å². The monoisotopic (exact) mass is 466 g/mol. The zero-order valence-electron chi connectivity index (χ0n) is 19.7. The Hall–Kier alpha value is -2.47. The van der Waals surface area contributed by atoms with Crippen LogP contribution in [0.15, 0.2) is 83.8 Å². The molecule has 5 heteroatoms. The predicted molar refractivity (Wildman–Crippen MR) is 133 cm³/mol. The second-order valence-corrected chi connectivity index (χ2v) is 10.3. The topological polar surface area (TPSA) is 63.6 Å². The van der Waals surface area contributed by atoms with Crippen molar-refractivity contribution in [1.29, 1.82) is 0 Å². The van der Waals surface area contributed by atoms with Gasteiger partial charge in [0.1, 0.15) is 11.7 Å². The average molecular weight is 467 g/mol. The van der Waals surface area contributed by atoms with E-state index < -0.39 is 21.8 Å². The molecule has 0 bridgehead atoms. The van der Waals surface area contributed by atoms with Crippen molar-refractivity contribution in [2.45, 2.75) is 69.5 Å². The van der Waals surface area contributed by atoms with E-state index in [1.54, 1.807) is 12.1 Å². The molecular weight excluding hydrogens is 432 g/mol. The third kappa shape index (κ3) is 6.53. The highest BCUT2D eigenvalue weighted by atomic mass is 32.2. The lowest BCUT2D eigenvalue weighted by molar-refractivity contribution is -0.0910. The maximum atomic E-state index is 12.6. The molecule has 4 nitrogen and oxygen atoms in total. The number of aliphatic hydroxyl groups is 1. The van der Waals surface area contributed by atoms with Gasteiger partial charge in [0, 0.05) is 0 Å². The van der Waals surface area contributed by atoms with Crippen molar-refractivity contribution in [2.75, 3.05) is 0 Å². The van der Waals surface area contributed by atoms with Crippen LogP contribution in [0.5, 0.6) is 0 Å². The Kier molecular flexibility index (Phi) is 8.46. The van der Waals surface area contributed by atoms with Crippen molar-refractivity contribution in [1.82, 2.24) is 0 Å². The zero-order chi connectivity index (χ0) is 23.9. The van der Waals surface area contributed by atoms with Crippen molar-refractivity contribution in [3.63, 3.8) is 0 Å². The molecule has 1 fully saturated rings. The second kappa shape index (κ2) is 11.1. The molecule has 0 heterocycles. The van der Waals surface area contributed by atoms with Crippen molar-refractivity contribution in [2.24, 2.45) is 0 Å². The highest BCUT2D eigenvalue weighted by Crippen LogP contribution is 2.40. The van der Waals surface area contributed by atoms with Crippen molar-refractivity contribution >= 4 is 10.1 Å². The number of benzene rings is 3. The Morgan fingerprint density at radius 3 is 2.03 bits per heavy atom. The summed E-state index contributed by atoms with van der Waals surface area (Å²) in [5.41, 5.74) is 3.16. The van der Waals surface area contributed by atoms with Gasteiger partial charge in [0.15, 0.2) is 0 Å². The van der Waals surface area contributed by atoms with Gasteiger partial charge in [0.25, 0.3) is 10.1 Å². The van der Waals surface area contributed by atoms with E-state index in [0.29, 0.717) is 18.4 Å². The average Bonchev–Trinajstić information content (AvgIpc) is 2.82. The maximum absolute atomic E-state index is 12.6. The van der Waals surface area contributed by atoms with Crippen LogP contribution < -0.4 is 0 Å². The van der Waals surface area contributed by atoms with Crippen LogP contribution in [0.3, 0.4) is 0 Å². The summed E-state index contributed by atoms with van der Waals surface area (Å²) < 4.78 is 30.7. The Bertz CT molecular complexity index is 1110. The summed E-state index contributed by atoms with van der Waals surface area (Å²) in [6, 6.07) is 24.4. The normalized spacial score (nSPS) is 20.5. The molecule has 0 aromatic heterocycles. The summed E-state index contributed by atoms with van der Waals surface area (Å²) in [5, 5.41) is 11.2. The van der Waals surface area contributed by atoms with Gasteiger partial charge in [-0.2, -0.15) is 8.42 Å². The van der Waals surface area contributed by atoms with Crippen molar-refractivity contribution < 1.29 is 17.7 Å². The van der Waals surface area contributed by atoms with Crippen LogP contribution >= 0.6 is 0 Å². The highest BCUT2D eigenvalue weighted by Gasteiger charge is 2.43. The fourth-order valence-electron chi connectivity index (χ4n) is 4.05. The summed E-state index contributed by atoms with van der Waals surface area (Å²) in [6.45, 7) is 6.18. The summed E-state index contributed by atoms with van der Waals surface area (Å²) in [4.78, 5) is 0.120. The number of aryl methyl sites for hydroxylation is 3. The lowest BCUT2D eigenvalue weighted by Crippen LogP contribution is -2.44. The van der Waals surface area contributed by atoms with Gasteiger partial charge in [-0.25, -0.2) is 0 Å². The Labute approximate surface area is 198 Å². The van der Waals surface area contributed by atoms with Gasteiger partial charge in [0.2, 0.25) is 0 Å². The van der Waals surface area contributed by atoms with Crippen LogP contribution in [0.1, 0.15) is 54.9 Å². The first-order chi connectivity index (χ1) is 15.7. The lowest BCUT2D eigenvalue weighted by Gasteiger charge is -2.39. The maximum Gasteiger partial charge on any atom is 0.297 e. The van der Waals surface area contributed by atoms with Crippen LogP contribution in [0.4, 0.5) is 0 Å². The largest absolute Gasteiger partial charge is 0.382 e. The minimum Gasteiger partial charge on any atom is -0.382 e. The fourth-order valence-corrected chi connectivity index (χ4v) is 5.19. The Morgan fingerprint density at radius 1 is 0.879 bits per heavy atom. The summed E-state index contributed by atoms with van der Waals surface area (Å²) in [6.07, 6.45) is 3.04. The van der Waals surface area contributed by atoms with E-state index in [0.717, 1.165) is 24.8 Å². The van der Waals surface area contributed by atoms with Gasteiger partial charge in [-0.15, -0.1) is 0 Å². The molecule has 1 N–H and O–H groups in total. The smallest absolute Gasteiger partial charge is 0.297 e. The first-order valence-corrected chi connectivity index (χ1v) is 13.0. The molecule has 3 aromatic rings. The van der Waals surface area contributed by atoms with Crippen LogP contribution in [0.2, 0.25) is 0 Å². The predicted octanol–water partition coefficient (Wildman–Crippen LogP) is 6.09. The van der Waals surface area contributed by atoms with E-state index in [1.165, 1.54) is 23.3 Å². The first-order valence-electron chi connectivity index (χ1n) is 11.6. The van der Waals surface area contributed by atoms with Gasteiger partial charge < -0.3 is 5.11 Å². The van der Waals surface area contributed by atoms with E-state index in [4.69, 9.17) is 4.18 Å². The van der Waals surface area contributed by atoms with E-state index in [1.807, 2.05) is 37.3 Å². The van der Waals surface area contributed by atoms with E-state index >= 15 is 0 Å². The van der Waals surface area contributed by atoms with Crippen molar-refractivity contribution in [3.05, 3.63) is 101 Å². The molecule has 0 unspecified atom stereocenters. The van der Waals surface area contributed by atoms with Gasteiger partial charge in [0.05, 0.1) is 4.90 Å². The highest BCUT2D eigenvalue weighted by molar-refractivity contribution is 7.86. The molecule has 0 spiro atoms. The van der Waals surface area contributed by atoms with Gasteiger partial charge in [-0.3, -0.25) is 4.18 Å². The number of hydrogen-bond donors (Lipinski definition) is 1. The molecular formula is C28H34O4S. The molecule has 3 aromatic carbocycles. The van der Waals surface area contributed by atoms with E-state index in [2.05, 4.69) is 38.1 Å². The van der Waals surface area contributed by atoms with Gasteiger partial charge >= 0.3 is 0 Å². The van der Waals surface area contributed by atoms with Crippen LogP contribution in [0, 0.1) is 13.8 Å². The Balaban J connectivity index is 0.000000286. The van der Waals surface area contributed by atoms with E-state index in [9.17, 15) is 13.5 Å². The fraction of sp³-hybridized carbons (Fsp3) is 0.357. The van der Waals surface area contributed by atoms with Crippen LogP contribution in [-0.4, -0.2) is 19.6 Å². The third-order valence-corrected chi connectivity index (χ3v) is 7.50. The minimum absolute atomic E-state index is 0.120. The van der Waals surface area contributed by atoms with Crippen LogP contribution in [-0.2, 0) is 26.3 Å². The molecule has 4 rings (SSSR count). The number of hydrogen-bond acceptors (Lipinski definition) is 4. The molecule has 33 heavy (non-hydrogen) atoms. The molecule has 1 aliphatic rings. The molecule has 0 amide bonds. The molecule has 176 valence electrons. The van der Waals surface area contributed by atoms with Crippen molar-refractivity contribution in [3.8, 4) is 0 Å². The standard InChI is InChI=1S/C19H22O4S.C9H12/c1-15-10-12-17(13-11-15)24(21,22)23-18-9-5-6-14-19(18,20)16-7-3-2-4-8-16;1-3-9-6-4-8(2)5-7-9/h2-4,7-8,10-13,18,20H,5-6,9,14H2,1H3;4-7H,3H2,1-2H3/t18-,19-;/m1./s1. The first kappa shape index (κ1) is 25.2. The van der Waals surface area contributed by atoms with Gasteiger partial charge in [-0.1, -0.05) is 97.6 Å². The minimum atomic E-state index is -3.92. The lowest BCUT2D eigenvalue weighted by atomic mass is 9.77. The Morgan fingerprint density at radius 2 is 1.45 bits per heavy atom. The zero-order valence-corrected chi connectivity index (χ0v) is 20.5. The molecule has 0 aliphatic heterocycles. The molecule has 1 aliphatic carbocycles. The van der Waals surface area contributed by atoms with E-state index in [-0.39, 0.29) is 4.90 Å². The SMILES string of the molecule is CCc1ccc(C)cc1.Cc1ccc(S(=O)(=O)O[C@@H]2CCCC[C@@]2(O)c2ccccc2)cc1. The summed E-state index contributed by atoms with van der Waals surface area (Å²) in [5.74, 6) is 0. The molecule has 0 radical (unpaired) electrons. The second-order valence-electron chi connectivity index (χ2n) is 8.73. The third-order valence-electron chi connectivity index (χ3n) is 6.16. The molecule has 1 saturated carbocycles. The quantitative estimate of drug-likeness (QED) is 0.462. The molecule has 0 saturated heterocycles. The summed E-state index contributed by atoms with van der Waals surface area (Å²) >= 11 is 0. The molecule has 2 atom stereocenters.